The van der Waals surface area contributed by atoms with Crippen molar-refractivity contribution in [3.63, 3.8) is 0 Å². The van der Waals surface area contributed by atoms with Crippen LogP contribution in [0.5, 0.6) is 11.5 Å². The minimum Gasteiger partial charge on any atom is -0.504 e. The molecule has 3 rings (SSSR count). The van der Waals surface area contributed by atoms with Gasteiger partial charge in [0.25, 0.3) is 15.9 Å². The average molecular weight is 488 g/mol. The third-order valence-electron chi connectivity index (χ3n) is 4.43. The van der Waals surface area contributed by atoms with E-state index in [2.05, 4.69) is 10.5 Å². The fraction of sp³-hybridized carbons (Fsp3) is 0.130. The van der Waals surface area contributed by atoms with Crippen molar-refractivity contribution in [3.8, 4) is 11.5 Å². The molecule has 10 heteroatoms. The molecule has 0 spiro atoms. The highest BCUT2D eigenvalue weighted by Gasteiger charge is 2.28. The number of phenolic OH excluding ortho intramolecular Hbond substituents is 1. The van der Waals surface area contributed by atoms with Gasteiger partial charge in [-0.15, -0.1) is 0 Å². The molecule has 0 saturated heterocycles. The molecule has 0 heterocycles. The van der Waals surface area contributed by atoms with Gasteiger partial charge in [0.2, 0.25) is 0 Å². The molecule has 3 aromatic carbocycles. The van der Waals surface area contributed by atoms with Crippen LogP contribution >= 0.6 is 11.6 Å². The number of rotatable bonds is 9. The highest BCUT2D eigenvalue weighted by molar-refractivity contribution is 7.92. The molecular formula is C23H22ClN3O5S. The Hall–Kier alpha value is -3.56. The summed E-state index contributed by atoms with van der Waals surface area (Å²) in [4.78, 5) is 12.6. The van der Waals surface area contributed by atoms with Crippen molar-refractivity contribution in [2.24, 2.45) is 5.10 Å². The molecule has 1 amide bonds. The lowest BCUT2D eigenvalue weighted by Gasteiger charge is -2.24. The van der Waals surface area contributed by atoms with Gasteiger partial charge in [0.1, 0.15) is 6.54 Å². The predicted molar refractivity (Wildman–Crippen MR) is 127 cm³/mol. The van der Waals surface area contributed by atoms with Crippen LogP contribution in [0.3, 0.4) is 0 Å². The Balaban J connectivity index is 1.81. The van der Waals surface area contributed by atoms with Crippen molar-refractivity contribution in [1.82, 2.24) is 5.43 Å². The van der Waals surface area contributed by atoms with E-state index < -0.39 is 22.5 Å². The summed E-state index contributed by atoms with van der Waals surface area (Å²) < 4.78 is 32.8. The van der Waals surface area contributed by atoms with Crippen LogP contribution in [-0.2, 0) is 14.8 Å². The minimum absolute atomic E-state index is 0.0143. The first-order valence-electron chi connectivity index (χ1n) is 9.93. The molecule has 0 radical (unpaired) electrons. The molecule has 0 aliphatic rings. The second kappa shape index (κ2) is 10.8. The van der Waals surface area contributed by atoms with Crippen molar-refractivity contribution >= 4 is 39.4 Å². The van der Waals surface area contributed by atoms with Crippen molar-refractivity contribution in [1.29, 1.82) is 0 Å². The molecule has 0 fully saturated rings. The molecule has 0 unspecified atom stereocenters. The van der Waals surface area contributed by atoms with Crippen LogP contribution in [0, 0.1) is 0 Å². The lowest BCUT2D eigenvalue weighted by Crippen LogP contribution is -2.39. The van der Waals surface area contributed by atoms with Gasteiger partial charge < -0.3 is 9.84 Å². The summed E-state index contributed by atoms with van der Waals surface area (Å²) in [5.74, 6) is -0.402. The number of nitrogens with one attached hydrogen (secondary N) is 1. The number of phenols is 1. The van der Waals surface area contributed by atoms with E-state index in [1.807, 2.05) is 0 Å². The van der Waals surface area contributed by atoms with E-state index in [0.717, 1.165) is 4.31 Å². The van der Waals surface area contributed by atoms with Crippen LogP contribution in [0.25, 0.3) is 0 Å². The van der Waals surface area contributed by atoms with Gasteiger partial charge in [-0.1, -0.05) is 41.9 Å². The number of sulfonamides is 1. The number of ether oxygens (including phenoxy) is 1. The number of hydrogen-bond acceptors (Lipinski definition) is 6. The number of benzene rings is 3. The van der Waals surface area contributed by atoms with Crippen LogP contribution in [0.4, 0.5) is 5.69 Å². The largest absolute Gasteiger partial charge is 0.504 e. The second-order valence-corrected chi connectivity index (χ2v) is 9.00. The molecule has 172 valence electrons. The number of carbonyl (C=O) groups excluding carboxylic acids is 1. The number of halogens is 1. The maximum absolute atomic E-state index is 13.3. The Morgan fingerprint density at radius 2 is 1.82 bits per heavy atom. The van der Waals surface area contributed by atoms with Gasteiger partial charge in [0, 0.05) is 0 Å². The van der Waals surface area contributed by atoms with Gasteiger partial charge in [-0.2, -0.15) is 5.10 Å². The fourth-order valence-electron chi connectivity index (χ4n) is 2.90. The van der Waals surface area contributed by atoms with Gasteiger partial charge in [0.15, 0.2) is 11.5 Å². The summed E-state index contributed by atoms with van der Waals surface area (Å²) in [6.07, 6.45) is 1.35. The van der Waals surface area contributed by atoms with Gasteiger partial charge in [-0.25, -0.2) is 13.8 Å². The van der Waals surface area contributed by atoms with Crippen LogP contribution in [0.1, 0.15) is 12.5 Å². The smallest absolute Gasteiger partial charge is 0.264 e. The first-order valence-corrected chi connectivity index (χ1v) is 11.7. The van der Waals surface area contributed by atoms with Crippen LogP contribution in [-0.4, -0.2) is 38.8 Å². The third-order valence-corrected chi connectivity index (χ3v) is 6.52. The summed E-state index contributed by atoms with van der Waals surface area (Å²) >= 11 is 6.23. The van der Waals surface area contributed by atoms with E-state index in [9.17, 15) is 18.3 Å². The third kappa shape index (κ3) is 6.03. The minimum atomic E-state index is -4.07. The Labute approximate surface area is 197 Å². The summed E-state index contributed by atoms with van der Waals surface area (Å²) in [5, 5.41) is 13.8. The molecular weight excluding hydrogens is 466 g/mol. The van der Waals surface area contributed by atoms with Crippen molar-refractivity contribution in [3.05, 3.63) is 83.4 Å². The first-order chi connectivity index (χ1) is 15.8. The molecule has 0 aliphatic carbocycles. The topological polar surface area (TPSA) is 108 Å². The molecule has 8 nitrogen and oxygen atoms in total. The number of aromatic hydroxyl groups is 1. The Kier molecular flexibility index (Phi) is 7.92. The van der Waals surface area contributed by atoms with E-state index in [0.29, 0.717) is 12.2 Å². The highest BCUT2D eigenvalue weighted by Crippen LogP contribution is 2.30. The second-order valence-electron chi connectivity index (χ2n) is 6.73. The molecule has 3 aromatic rings. The van der Waals surface area contributed by atoms with Gasteiger partial charge in [-0.05, 0) is 55.0 Å². The Morgan fingerprint density at radius 1 is 1.12 bits per heavy atom. The number of para-hydroxylation sites is 1. The van der Waals surface area contributed by atoms with E-state index in [1.165, 1.54) is 30.5 Å². The van der Waals surface area contributed by atoms with Gasteiger partial charge in [0.05, 0.1) is 28.4 Å². The normalized spacial score (nSPS) is 11.3. The Bertz CT molecular complexity index is 1250. The van der Waals surface area contributed by atoms with Crippen molar-refractivity contribution in [2.45, 2.75) is 11.8 Å². The summed E-state index contributed by atoms with van der Waals surface area (Å²) in [5.41, 5.74) is 3.05. The standard InChI is InChI=1S/C23H22ClN3O5S/c1-2-32-22-14-17(12-13-21(22)28)15-25-26-23(29)16-27(20-11-7-6-10-19(20)24)33(30,31)18-8-4-3-5-9-18/h3-15,28H,2,16H2,1H3,(H,26,29)/b25-15-. The number of nitrogens with zero attached hydrogens (tertiary/aromatic N) is 2. The molecule has 0 bridgehead atoms. The zero-order valence-corrected chi connectivity index (χ0v) is 19.3. The lowest BCUT2D eigenvalue weighted by molar-refractivity contribution is -0.119. The summed E-state index contributed by atoms with van der Waals surface area (Å²) in [6, 6.07) is 18.7. The number of hydrazone groups is 1. The number of amides is 1. The summed E-state index contributed by atoms with van der Waals surface area (Å²) in [7, 11) is -4.07. The summed E-state index contributed by atoms with van der Waals surface area (Å²) in [6.45, 7) is 1.62. The maximum Gasteiger partial charge on any atom is 0.264 e. The highest BCUT2D eigenvalue weighted by atomic mass is 35.5. The van der Waals surface area contributed by atoms with E-state index >= 15 is 0 Å². The zero-order chi connectivity index (χ0) is 23.8. The molecule has 0 saturated carbocycles. The van der Waals surface area contributed by atoms with Gasteiger partial charge >= 0.3 is 0 Å². The molecule has 33 heavy (non-hydrogen) atoms. The average Bonchev–Trinajstić information content (AvgIpc) is 2.81. The maximum atomic E-state index is 13.3. The van der Waals surface area contributed by atoms with Crippen LogP contribution < -0.4 is 14.5 Å². The van der Waals surface area contributed by atoms with E-state index in [4.69, 9.17) is 16.3 Å². The molecule has 0 atom stereocenters. The van der Waals surface area contributed by atoms with Gasteiger partial charge in [-0.3, -0.25) is 9.10 Å². The van der Waals surface area contributed by atoms with Crippen molar-refractivity contribution in [2.75, 3.05) is 17.5 Å². The van der Waals surface area contributed by atoms with Crippen LogP contribution in [0.2, 0.25) is 5.02 Å². The molecule has 0 aliphatic heterocycles. The zero-order valence-electron chi connectivity index (χ0n) is 17.7. The molecule has 2 N–H and O–H groups in total. The number of hydrogen-bond donors (Lipinski definition) is 2. The quantitative estimate of drug-likeness (QED) is 0.352. The SMILES string of the molecule is CCOc1cc(/C=N\NC(=O)CN(c2ccccc2Cl)S(=O)(=O)c2ccccc2)ccc1O. The predicted octanol–water partition coefficient (Wildman–Crippen LogP) is 3.79. The van der Waals surface area contributed by atoms with Crippen LogP contribution in [0.15, 0.2) is 82.8 Å². The van der Waals surface area contributed by atoms with E-state index in [-0.39, 0.29) is 27.1 Å². The number of anilines is 1. The fourth-order valence-corrected chi connectivity index (χ4v) is 4.65. The van der Waals surface area contributed by atoms with Crippen molar-refractivity contribution < 1.29 is 23.1 Å². The monoisotopic (exact) mass is 487 g/mol. The lowest BCUT2D eigenvalue weighted by atomic mass is 10.2. The van der Waals surface area contributed by atoms with E-state index in [1.54, 1.807) is 55.5 Å². The first kappa shape index (κ1) is 24.1. The molecule has 0 aromatic heterocycles. The number of carbonyl (C=O) groups is 1. The Morgan fingerprint density at radius 3 is 2.52 bits per heavy atom.